The largest absolute Gasteiger partial charge is 0.232 e. The highest BCUT2D eigenvalue weighted by atomic mass is 15.3. The molecule has 0 spiro atoms. The van der Waals surface area contributed by atoms with E-state index in [0.717, 1.165) is 61.2 Å². The van der Waals surface area contributed by atoms with E-state index in [2.05, 4.69) is 103 Å². The van der Waals surface area contributed by atoms with E-state index in [1.54, 1.807) is 0 Å². The first kappa shape index (κ1) is 30.1. The third-order valence-corrected chi connectivity index (χ3v) is 9.08. The lowest BCUT2D eigenvalue weighted by Gasteiger charge is -2.10. The Hall–Kier alpha value is -6.98. The molecule has 0 bridgehead atoms. The van der Waals surface area contributed by atoms with Crippen molar-refractivity contribution < 1.29 is 0 Å². The van der Waals surface area contributed by atoms with Crippen LogP contribution in [0.2, 0.25) is 0 Å². The van der Waals surface area contributed by atoms with E-state index in [0.29, 0.717) is 17.5 Å². The minimum atomic E-state index is 0.627. The van der Waals surface area contributed by atoms with E-state index in [9.17, 15) is 0 Å². The number of fused-ring (bicyclic) bond motifs is 1. The van der Waals surface area contributed by atoms with E-state index >= 15 is 0 Å². The van der Waals surface area contributed by atoms with Gasteiger partial charge in [-0.3, -0.25) is 0 Å². The van der Waals surface area contributed by atoms with Gasteiger partial charge in [0.05, 0.1) is 11.2 Å². The molecule has 0 aliphatic heterocycles. The van der Waals surface area contributed by atoms with Gasteiger partial charge < -0.3 is 0 Å². The molecule has 9 rings (SSSR count). The topological polar surface area (TPSA) is 56.5 Å². The summed E-state index contributed by atoms with van der Waals surface area (Å²) < 4.78 is 2.04. The number of nitrogens with zero attached hydrogens (tertiary/aromatic N) is 5. The summed E-state index contributed by atoms with van der Waals surface area (Å²) >= 11 is 0. The van der Waals surface area contributed by atoms with Crippen LogP contribution in [0.5, 0.6) is 0 Å². The van der Waals surface area contributed by atoms with Crippen LogP contribution in [0, 0.1) is 0 Å². The van der Waals surface area contributed by atoms with E-state index in [-0.39, 0.29) is 0 Å². The summed E-state index contributed by atoms with van der Waals surface area (Å²) in [6, 6.07) is 64.6. The third-order valence-electron chi connectivity index (χ3n) is 9.08. The molecule has 2 heterocycles. The molecule has 0 unspecified atom stereocenters. The SMILES string of the molecule is c1ccc(-c2ccc3c(c2)c(-c2cccc(-c4cccc(-c5nc(-c6ccccc6)nc(-c6ccccc6)n5)c4)c2)nn3-c2ccccc2)cc1. The van der Waals surface area contributed by atoms with Crippen LogP contribution in [-0.2, 0) is 0 Å². The molecule has 0 amide bonds. The van der Waals surface area contributed by atoms with Gasteiger partial charge in [0, 0.05) is 27.6 Å². The summed E-state index contributed by atoms with van der Waals surface area (Å²) in [5, 5.41) is 6.33. The van der Waals surface area contributed by atoms with Crippen molar-refractivity contribution in [2.24, 2.45) is 0 Å². The van der Waals surface area contributed by atoms with E-state index in [4.69, 9.17) is 20.1 Å². The fraction of sp³-hybridized carbons (Fsp3) is 0. The molecule has 0 aliphatic rings. The Balaban J connectivity index is 1.15. The average Bonchev–Trinajstić information content (AvgIpc) is 3.61. The Kier molecular flexibility index (Phi) is 7.76. The molecule has 7 aromatic carbocycles. The summed E-state index contributed by atoms with van der Waals surface area (Å²) in [5.41, 5.74) is 11.3. The fourth-order valence-electron chi connectivity index (χ4n) is 6.53. The van der Waals surface area contributed by atoms with E-state index < -0.39 is 0 Å². The predicted octanol–water partition coefficient (Wildman–Crippen LogP) is 11.2. The van der Waals surface area contributed by atoms with Gasteiger partial charge in [0.15, 0.2) is 17.5 Å². The first-order valence-corrected chi connectivity index (χ1v) is 17.0. The average molecular weight is 654 g/mol. The summed E-state index contributed by atoms with van der Waals surface area (Å²) in [6.07, 6.45) is 0. The zero-order chi connectivity index (χ0) is 34.0. The van der Waals surface area contributed by atoms with Gasteiger partial charge in [0.2, 0.25) is 0 Å². The van der Waals surface area contributed by atoms with Crippen LogP contribution in [0.4, 0.5) is 0 Å². The lowest BCUT2D eigenvalue weighted by atomic mass is 9.97. The molecule has 0 N–H and O–H groups in total. The highest BCUT2D eigenvalue weighted by molar-refractivity contribution is 5.97. The maximum Gasteiger partial charge on any atom is 0.164 e. The minimum Gasteiger partial charge on any atom is -0.232 e. The first-order chi connectivity index (χ1) is 25.3. The summed E-state index contributed by atoms with van der Waals surface area (Å²) in [7, 11) is 0. The van der Waals surface area contributed by atoms with E-state index in [1.165, 1.54) is 5.56 Å². The second-order valence-corrected chi connectivity index (χ2v) is 12.4. The summed E-state index contributed by atoms with van der Waals surface area (Å²) in [4.78, 5) is 14.8. The van der Waals surface area contributed by atoms with Crippen molar-refractivity contribution in [2.75, 3.05) is 0 Å². The smallest absolute Gasteiger partial charge is 0.164 e. The maximum atomic E-state index is 5.23. The van der Waals surface area contributed by atoms with Crippen molar-refractivity contribution in [3.8, 4) is 73.4 Å². The highest BCUT2D eigenvalue weighted by Gasteiger charge is 2.17. The molecular weight excluding hydrogens is 623 g/mol. The van der Waals surface area contributed by atoms with Crippen LogP contribution in [0.15, 0.2) is 188 Å². The molecule has 0 aliphatic carbocycles. The number of aromatic nitrogens is 5. The second-order valence-electron chi connectivity index (χ2n) is 12.4. The van der Waals surface area contributed by atoms with Gasteiger partial charge in [-0.25, -0.2) is 19.6 Å². The monoisotopic (exact) mass is 653 g/mol. The Morgan fingerprint density at radius 2 is 0.745 bits per heavy atom. The van der Waals surface area contributed by atoms with Crippen LogP contribution < -0.4 is 0 Å². The zero-order valence-corrected chi connectivity index (χ0v) is 27.6. The third kappa shape index (κ3) is 5.98. The minimum absolute atomic E-state index is 0.627. The van der Waals surface area contributed by atoms with Gasteiger partial charge in [0.25, 0.3) is 0 Å². The molecular formula is C46H31N5. The molecule has 0 saturated heterocycles. The highest BCUT2D eigenvalue weighted by Crippen LogP contribution is 2.36. The Morgan fingerprint density at radius 1 is 0.314 bits per heavy atom. The molecule has 5 nitrogen and oxygen atoms in total. The van der Waals surface area contributed by atoms with Gasteiger partial charge in [-0.15, -0.1) is 0 Å². The van der Waals surface area contributed by atoms with Crippen LogP contribution in [0.3, 0.4) is 0 Å². The summed E-state index contributed by atoms with van der Waals surface area (Å²) in [5.74, 6) is 1.91. The zero-order valence-electron chi connectivity index (χ0n) is 27.6. The van der Waals surface area contributed by atoms with Crippen molar-refractivity contribution >= 4 is 10.9 Å². The van der Waals surface area contributed by atoms with Crippen molar-refractivity contribution in [1.29, 1.82) is 0 Å². The summed E-state index contributed by atoms with van der Waals surface area (Å²) in [6.45, 7) is 0. The van der Waals surface area contributed by atoms with Gasteiger partial charge in [-0.2, -0.15) is 5.10 Å². The second kappa shape index (κ2) is 13.1. The molecule has 5 heteroatoms. The number of para-hydroxylation sites is 1. The Labute approximate surface area is 296 Å². The molecule has 2 aromatic heterocycles. The van der Waals surface area contributed by atoms with Crippen LogP contribution in [-0.4, -0.2) is 24.7 Å². The molecule has 51 heavy (non-hydrogen) atoms. The number of hydrogen-bond donors (Lipinski definition) is 0. The van der Waals surface area contributed by atoms with Gasteiger partial charge in [-0.1, -0.05) is 152 Å². The quantitative estimate of drug-likeness (QED) is 0.172. The standard InChI is InChI=1S/C46H31N5/c1-5-15-32(16-6-1)37-27-28-42-41(31-37)43(50-51(42)40-25-11-4-12-26-40)38-23-13-21-35(29-38)36-22-14-24-39(30-36)46-48-44(33-17-7-2-8-18-33)47-45(49-46)34-19-9-3-10-20-34/h1-31H. The van der Waals surface area contributed by atoms with Crippen molar-refractivity contribution in [1.82, 2.24) is 24.7 Å². The normalized spacial score (nSPS) is 11.1. The molecule has 0 radical (unpaired) electrons. The molecule has 0 fully saturated rings. The van der Waals surface area contributed by atoms with Gasteiger partial charge >= 0.3 is 0 Å². The van der Waals surface area contributed by atoms with Crippen molar-refractivity contribution in [3.63, 3.8) is 0 Å². The van der Waals surface area contributed by atoms with Crippen molar-refractivity contribution in [2.45, 2.75) is 0 Å². The number of rotatable bonds is 7. The molecule has 0 saturated carbocycles. The first-order valence-electron chi connectivity index (χ1n) is 17.0. The molecule has 9 aromatic rings. The lowest BCUT2D eigenvalue weighted by molar-refractivity contribution is 0.915. The maximum absolute atomic E-state index is 5.23. The fourth-order valence-corrected chi connectivity index (χ4v) is 6.53. The van der Waals surface area contributed by atoms with Gasteiger partial charge in [-0.05, 0) is 58.7 Å². The van der Waals surface area contributed by atoms with Crippen LogP contribution in [0.25, 0.3) is 84.3 Å². The van der Waals surface area contributed by atoms with Crippen molar-refractivity contribution in [3.05, 3.63) is 188 Å². The van der Waals surface area contributed by atoms with E-state index in [1.807, 2.05) is 89.6 Å². The molecule has 0 atom stereocenters. The Morgan fingerprint density at radius 3 is 1.33 bits per heavy atom. The number of hydrogen-bond acceptors (Lipinski definition) is 4. The predicted molar refractivity (Wildman–Crippen MR) is 207 cm³/mol. The lowest BCUT2D eigenvalue weighted by Crippen LogP contribution is -2.00. The van der Waals surface area contributed by atoms with Crippen LogP contribution >= 0.6 is 0 Å². The van der Waals surface area contributed by atoms with Gasteiger partial charge in [0.1, 0.15) is 5.69 Å². The molecule has 240 valence electrons. The Bertz CT molecular complexity index is 2560. The van der Waals surface area contributed by atoms with Crippen LogP contribution in [0.1, 0.15) is 0 Å². The number of benzene rings is 7.